The van der Waals surface area contributed by atoms with Gasteiger partial charge >= 0.3 is 0 Å². The predicted octanol–water partition coefficient (Wildman–Crippen LogP) is 3.44. The average molecular weight is 477 g/mol. The molecule has 1 fully saturated rings. The molecule has 8 heteroatoms. The van der Waals surface area contributed by atoms with E-state index in [9.17, 15) is 9.59 Å². The predicted molar refractivity (Wildman–Crippen MR) is 136 cm³/mol. The van der Waals surface area contributed by atoms with Gasteiger partial charge in [-0.3, -0.25) is 14.3 Å². The lowest BCUT2D eigenvalue weighted by Gasteiger charge is -2.17. The zero-order valence-corrected chi connectivity index (χ0v) is 20.8. The van der Waals surface area contributed by atoms with Crippen LogP contribution < -0.4 is 5.32 Å². The quantitative estimate of drug-likeness (QED) is 0.405. The third-order valence-electron chi connectivity index (χ3n) is 6.74. The number of hydrogen-bond acceptors (Lipinski definition) is 5. The van der Waals surface area contributed by atoms with Gasteiger partial charge in [0.25, 0.3) is 0 Å². The number of carbonyl (C=O) groups is 2. The van der Waals surface area contributed by atoms with Gasteiger partial charge in [0.05, 0.1) is 31.0 Å². The molecule has 1 saturated carbocycles. The van der Waals surface area contributed by atoms with Gasteiger partial charge in [0.1, 0.15) is 0 Å². The van der Waals surface area contributed by atoms with Gasteiger partial charge in [-0.2, -0.15) is 10.2 Å². The molecule has 2 heterocycles. The Bertz CT molecular complexity index is 1120. The van der Waals surface area contributed by atoms with E-state index >= 15 is 0 Å². The molecule has 186 valence electrons. The molecule has 3 aromatic rings. The van der Waals surface area contributed by atoms with Crippen molar-refractivity contribution in [3.05, 3.63) is 65.7 Å². The molecular weight excluding hydrogens is 440 g/mol. The molecule has 0 unspecified atom stereocenters. The standard InChI is InChI=1S/C27H36N6O2/c1-3-31(4-2)12-13-32-19-21(17-28-32)14-26(34)23-8-7-11-25(16-23)33-20-22(18-29-33)15-27(35)30-24-9-5-6-10-24/h7-8,11,16-20,24H,3-6,9-10,12-15H2,1-2H3,(H,30,35). The summed E-state index contributed by atoms with van der Waals surface area (Å²) in [5.41, 5.74) is 3.20. The SMILES string of the molecule is CCN(CC)CCn1cc(CC(=O)c2cccc(-n3cc(CC(=O)NC4CCCC4)cn3)c2)cn1. The van der Waals surface area contributed by atoms with Gasteiger partial charge in [0.2, 0.25) is 5.91 Å². The minimum Gasteiger partial charge on any atom is -0.353 e. The Kier molecular flexibility index (Phi) is 8.47. The summed E-state index contributed by atoms with van der Waals surface area (Å²) in [5.74, 6) is 0.0801. The van der Waals surface area contributed by atoms with Crippen molar-refractivity contribution >= 4 is 11.7 Å². The monoisotopic (exact) mass is 476 g/mol. The summed E-state index contributed by atoms with van der Waals surface area (Å²) >= 11 is 0. The van der Waals surface area contributed by atoms with Crippen molar-refractivity contribution in [2.24, 2.45) is 0 Å². The molecule has 35 heavy (non-hydrogen) atoms. The van der Waals surface area contributed by atoms with Crippen LogP contribution in [0.1, 0.15) is 61.0 Å². The summed E-state index contributed by atoms with van der Waals surface area (Å²) in [4.78, 5) is 27.6. The Hall–Kier alpha value is -3.26. The van der Waals surface area contributed by atoms with Crippen molar-refractivity contribution in [2.45, 2.75) is 65.0 Å². The van der Waals surface area contributed by atoms with E-state index in [0.29, 0.717) is 24.4 Å². The van der Waals surface area contributed by atoms with Crippen LogP contribution in [0.4, 0.5) is 0 Å². The first-order chi connectivity index (χ1) is 17.0. The van der Waals surface area contributed by atoms with Crippen molar-refractivity contribution < 1.29 is 9.59 Å². The number of hydrogen-bond donors (Lipinski definition) is 1. The van der Waals surface area contributed by atoms with Crippen LogP contribution in [-0.4, -0.2) is 61.8 Å². The Balaban J connectivity index is 1.34. The van der Waals surface area contributed by atoms with Crippen LogP contribution in [0.15, 0.2) is 49.1 Å². The highest BCUT2D eigenvalue weighted by molar-refractivity contribution is 5.97. The van der Waals surface area contributed by atoms with E-state index in [1.807, 2.05) is 41.3 Å². The second-order valence-corrected chi connectivity index (χ2v) is 9.31. The molecule has 0 radical (unpaired) electrons. The van der Waals surface area contributed by atoms with Gasteiger partial charge in [-0.15, -0.1) is 0 Å². The first kappa shape index (κ1) is 24.9. The molecule has 1 aliphatic carbocycles. The lowest BCUT2D eigenvalue weighted by Crippen LogP contribution is -2.33. The zero-order chi connectivity index (χ0) is 24.6. The van der Waals surface area contributed by atoms with Crippen molar-refractivity contribution in [1.29, 1.82) is 0 Å². The molecule has 1 aromatic carbocycles. The highest BCUT2D eigenvalue weighted by atomic mass is 16.1. The van der Waals surface area contributed by atoms with E-state index in [2.05, 4.69) is 34.3 Å². The molecule has 0 spiro atoms. The number of nitrogens with zero attached hydrogens (tertiary/aromatic N) is 5. The van der Waals surface area contributed by atoms with Crippen LogP contribution in [0, 0.1) is 0 Å². The fraction of sp³-hybridized carbons (Fsp3) is 0.481. The molecule has 1 aliphatic rings. The van der Waals surface area contributed by atoms with E-state index < -0.39 is 0 Å². The lowest BCUT2D eigenvalue weighted by molar-refractivity contribution is -0.121. The summed E-state index contributed by atoms with van der Waals surface area (Å²) < 4.78 is 3.63. The van der Waals surface area contributed by atoms with Crippen LogP contribution in [0.25, 0.3) is 5.69 Å². The van der Waals surface area contributed by atoms with Crippen LogP contribution in [-0.2, 0) is 24.2 Å². The van der Waals surface area contributed by atoms with Gasteiger partial charge in [0, 0.05) is 37.0 Å². The first-order valence-corrected chi connectivity index (χ1v) is 12.7. The largest absolute Gasteiger partial charge is 0.353 e. The maximum atomic E-state index is 13.0. The maximum absolute atomic E-state index is 13.0. The van der Waals surface area contributed by atoms with Crippen molar-refractivity contribution in [2.75, 3.05) is 19.6 Å². The van der Waals surface area contributed by atoms with Crippen LogP contribution in [0.5, 0.6) is 0 Å². The minimum atomic E-state index is 0.0398. The third-order valence-corrected chi connectivity index (χ3v) is 6.74. The van der Waals surface area contributed by atoms with Crippen LogP contribution >= 0.6 is 0 Å². The topological polar surface area (TPSA) is 85.0 Å². The third kappa shape index (κ3) is 6.88. The summed E-state index contributed by atoms with van der Waals surface area (Å²) in [6, 6.07) is 7.77. The number of amides is 1. The fourth-order valence-corrected chi connectivity index (χ4v) is 4.64. The average Bonchev–Trinajstić information content (AvgIpc) is 3.63. The van der Waals surface area contributed by atoms with Gasteiger partial charge in [-0.05, 0) is 49.2 Å². The molecule has 1 amide bonds. The first-order valence-electron chi connectivity index (χ1n) is 12.7. The smallest absolute Gasteiger partial charge is 0.224 e. The van der Waals surface area contributed by atoms with E-state index in [4.69, 9.17) is 0 Å². The molecule has 0 atom stereocenters. The number of rotatable bonds is 12. The second kappa shape index (κ2) is 11.9. The summed E-state index contributed by atoms with van der Waals surface area (Å²) in [6.45, 7) is 8.10. The van der Waals surface area contributed by atoms with Crippen LogP contribution in [0.2, 0.25) is 0 Å². The summed E-state index contributed by atoms with van der Waals surface area (Å²) in [7, 11) is 0. The highest BCUT2D eigenvalue weighted by Crippen LogP contribution is 2.18. The highest BCUT2D eigenvalue weighted by Gasteiger charge is 2.18. The molecule has 0 saturated heterocycles. The van der Waals surface area contributed by atoms with Gasteiger partial charge in [-0.25, -0.2) is 4.68 Å². The minimum absolute atomic E-state index is 0.0398. The van der Waals surface area contributed by atoms with Crippen molar-refractivity contribution in [3.8, 4) is 5.69 Å². The van der Waals surface area contributed by atoms with Gasteiger partial charge < -0.3 is 10.2 Å². The number of likely N-dealkylation sites (N-methyl/N-ethyl adjacent to an activating group) is 1. The molecule has 2 aromatic heterocycles. The molecule has 0 aliphatic heterocycles. The number of ketones is 1. The molecule has 4 rings (SSSR count). The van der Waals surface area contributed by atoms with E-state index in [1.54, 1.807) is 17.1 Å². The number of Topliss-reactive ketones (excluding diaryl/α,β-unsaturated/α-hetero) is 1. The van der Waals surface area contributed by atoms with Crippen molar-refractivity contribution in [3.63, 3.8) is 0 Å². The Labute approximate surface area is 207 Å². The van der Waals surface area contributed by atoms with E-state index in [0.717, 1.165) is 55.8 Å². The Morgan fingerprint density at radius 1 is 1.03 bits per heavy atom. The Morgan fingerprint density at radius 3 is 2.54 bits per heavy atom. The van der Waals surface area contributed by atoms with Crippen LogP contribution in [0.3, 0.4) is 0 Å². The summed E-state index contributed by atoms with van der Waals surface area (Å²) in [6.07, 6.45) is 12.5. The second-order valence-electron chi connectivity index (χ2n) is 9.31. The number of nitrogens with one attached hydrogen (secondary N) is 1. The normalized spacial score (nSPS) is 14.0. The fourth-order valence-electron chi connectivity index (χ4n) is 4.64. The molecule has 8 nitrogen and oxygen atoms in total. The Morgan fingerprint density at radius 2 is 1.77 bits per heavy atom. The lowest BCUT2D eigenvalue weighted by atomic mass is 10.0. The zero-order valence-electron chi connectivity index (χ0n) is 20.8. The maximum Gasteiger partial charge on any atom is 0.224 e. The van der Waals surface area contributed by atoms with Crippen molar-refractivity contribution in [1.82, 2.24) is 29.8 Å². The van der Waals surface area contributed by atoms with E-state index in [-0.39, 0.29) is 11.7 Å². The molecule has 0 bridgehead atoms. The summed E-state index contributed by atoms with van der Waals surface area (Å²) in [5, 5.41) is 11.9. The molecule has 1 N–H and O–H groups in total. The van der Waals surface area contributed by atoms with Gasteiger partial charge in [-0.1, -0.05) is 38.8 Å². The molecular formula is C27H36N6O2. The van der Waals surface area contributed by atoms with E-state index in [1.165, 1.54) is 12.8 Å². The number of aromatic nitrogens is 4. The van der Waals surface area contributed by atoms with Gasteiger partial charge in [0.15, 0.2) is 5.78 Å². The number of carbonyl (C=O) groups excluding carboxylic acids is 2. The number of benzene rings is 1.